The van der Waals surface area contributed by atoms with Crippen LogP contribution in [-0.2, 0) is 19.8 Å². The van der Waals surface area contributed by atoms with Crippen molar-refractivity contribution in [3.8, 4) is 17.2 Å². The molecule has 0 N–H and O–H groups in total. The Balaban J connectivity index is 1.55. The third kappa shape index (κ3) is 7.14. The average Bonchev–Trinajstić information content (AvgIpc) is 2.92. The van der Waals surface area contributed by atoms with Gasteiger partial charge in [0.05, 0.1) is 13.2 Å². The van der Waals surface area contributed by atoms with Crippen LogP contribution in [0.1, 0.15) is 46.0 Å². The van der Waals surface area contributed by atoms with E-state index in [1.807, 2.05) is 36.1 Å². The first-order valence-electron chi connectivity index (χ1n) is 13.2. The fourth-order valence-corrected chi connectivity index (χ4v) is 4.77. The molecular formula is C29H32N2O7S. The zero-order valence-electron chi connectivity index (χ0n) is 22.1. The standard InChI is InChI=1S/C29H32N2O7S/c1-3-31(14-8-16-39(34)35)20-10-13-24-26(17-20)38-27-19-25(32)22-12-11-21(18-23(22)29(27)30-24)37-15-7-5-6-9-28(33)36-4-2/h10-13,16-19H,3-9,14-15H2,1-2H3. The summed E-state index contributed by atoms with van der Waals surface area (Å²) in [6.07, 6.45) is 3.20. The largest absolute Gasteiger partial charge is 0.494 e. The minimum absolute atomic E-state index is 0.166. The summed E-state index contributed by atoms with van der Waals surface area (Å²) in [5.74, 6) is 0.837. The second kappa shape index (κ2) is 13.2. The minimum Gasteiger partial charge on any atom is -0.494 e. The first-order chi connectivity index (χ1) is 18.9. The SMILES string of the molecule is CCOC(=O)CCCCCOc1ccc2c(=O)cc3oc4cc(N(CC)CCC=S(=O)=O)ccc4nc-3c2c1. The smallest absolute Gasteiger partial charge is 0.305 e. The lowest BCUT2D eigenvalue weighted by atomic mass is 10.0. The molecule has 0 saturated heterocycles. The molecule has 2 aromatic carbocycles. The average molecular weight is 553 g/mol. The number of carbonyl (C=O) groups excluding carboxylic acids is 1. The number of anilines is 1. The van der Waals surface area contributed by atoms with Crippen LogP contribution in [-0.4, -0.2) is 51.0 Å². The predicted molar refractivity (Wildman–Crippen MR) is 152 cm³/mol. The summed E-state index contributed by atoms with van der Waals surface area (Å²) < 4.78 is 38.7. The maximum absolute atomic E-state index is 12.8. The number of ether oxygens (including phenoxy) is 2. The lowest BCUT2D eigenvalue weighted by Crippen LogP contribution is -2.24. The molecule has 0 aromatic heterocycles. The van der Waals surface area contributed by atoms with Crippen molar-refractivity contribution in [2.45, 2.75) is 46.0 Å². The quantitative estimate of drug-likeness (QED) is 0.0755. The van der Waals surface area contributed by atoms with E-state index in [-0.39, 0.29) is 11.4 Å². The van der Waals surface area contributed by atoms with Gasteiger partial charge in [0.15, 0.2) is 16.8 Å². The van der Waals surface area contributed by atoms with Crippen LogP contribution in [0.4, 0.5) is 5.69 Å². The van der Waals surface area contributed by atoms with Crippen molar-refractivity contribution in [3.63, 3.8) is 0 Å². The van der Waals surface area contributed by atoms with E-state index in [2.05, 4.69) is 0 Å². The highest BCUT2D eigenvalue weighted by Crippen LogP contribution is 2.33. The molecule has 0 saturated carbocycles. The molecule has 1 aliphatic carbocycles. The predicted octanol–water partition coefficient (Wildman–Crippen LogP) is 4.85. The summed E-state index contributed by atoms with van der Waals surface area (Å²) in [6, 6.07) is 12.4. The van der Waals surface area contributed by atoms with Gasteiger partial charge in [-0.15, -0.1) is 0 Å². The zero-order valence-corrected chi connectivity index (χ0v) is 23.0. The summed E-state index contributed by atoms with van der Waals surface area (Å²) in [5, 5.41) is 2.43. The van der Waals surface area contributed by atoms with Crippen molar-refractivity contribution in [1.82, 2.24) is 4.98 Å². The molecule has 2 aromatic rings. The Morgan fingerprint density at radius 1 is 1.05 bits per heavy atom. The van der Waals surface area contributed by atoms with E-state index in [1.165, 1.54) is 11.4 Å². The summed E-state index contributed by atoms with van der Waals surface area (Å²) in [5.41, 5.74) is 2.46. The third-order valence-electron chi connectivity index (χ3n) is 6.40. The molecule has 0 unspecified atom stereocenters. The molecule has 9 nitrogen and oxygen atoms in total. The summed E-state index contributed by atoms with van der Waals surface area (Å²) in [6.45, 7) is 5.91. The normalized spacial score (nSPS) is 11.1. The third-order valence-corrected chi connectivity index (χ3v) is 6.91. The zero-order chi connectivity index (χ0) is 27.8. The monoisotopic (exact) mass is 552 g/mol. The van der Waals surface area contributed by atoms with Gasteiger partial charge in [0, 0.05) is 53.5 Å². The van der Waals surface area contributed by atoms with Crippen molar-refractivity contribution < 1.29 is 27.1 Å². The molecule has 0 spiro atoms. The van der Waals surface area contributed by atoms with E-state index in [1.54, 1.807) is 19.1 Å². The van der Waals surface area contributed by atoms with E-state index in [4.69, 9.17) is 18.9 Å². The maximum Gasteiger partial charge on any atom is 0.305 e. The minimum atomic E-state index is -2.18. The number of benzene rings is 3. The molecule has 10 heteroatoms. The van der Waals surface area contributed by atoms with Crippen LogP contribution < -0.4 is 15.1 Å². The van der Waals surface area contributed by atoms with Crippen LogP contribution in [0.3, 0.4) is 0 Å². The molecule has 206 valence electrons. The maximum atomic E-state index is 12.8. The van der Waals surface area contributed by atoms with E-state index in [0.717, 1.165) is 24.9 Å². The second-order valence-electron chi connectivity index (χ2n) is 9.05. The van der Waals surface area contributed by atoms with Crippen LogP contribution in [0.2, 0.25) is 0 Å². The Morgan fingerprint density at radius 3 is 2.67 bits per heavy atom. The van der Waals surface area contributed by atoms with Gasteiger partial charge in [-0.25, -0.2) is 4.98 Å². The number of hydrogen-bond donors (Lipinski definition) is 0. The molecule has 0 radical (unpaired) electrons. The van der Waals surface area contributed by atoms with Gasteiger partial charge in [-0.2, -0.15) is 8.42 Å². The number of rotatable bonds is 13. The van der Waals surface area contributed by atoms with Crippen molar-refractivity contribution in [2.75, 3.05) is 31.2 Å². The lowest BCUT2D eigenvalue weighted by molar-refractivity contribution is -0.143. The number of carbonyl (C=O) groups is 1. The van der Waals surface area contributed by atoms with Gasteiger partial charge in [0.2, 0.25) is 10.3 Å². The number of unbranched alkanes of at least 4 members (excludes halogenated alkanes) is 2. The van der Waals surface area contributed by atoms with Crippen LogP contribution in [0.25, 0.3) is 33.3 Å². The highest BCUT2D eigenvalue weighted by molar-refractivity contribution is 7.71. The molecule has 1 aliphatic heterocycles. The summed E-state index contributed by atoms with van der Waals surface area (Å²) in [4.78, 5) is 31.1. The lowest BCUT2D eigenvalue weighted by Gasteiger charge is -2.22. The first-order valence-corrected chi connectivity index (χ1v) is 14.3. The fourth-order valence-electron chi connectivity index (χ4n) is 4.47. The van der Waals surface area contributed by atoms with Crippen LogP contribution in [0, 0.1) is 0 Å². The van der Waals surface area contributed by atoms with E-state index < -0.39 is 10.3 Å². The Kier molecular flexibility index (Phi) is 9.54. The molecule has 2 aliphatic rings. The van der Waals surface area contributed by atoms with Crippen LogP contribution in [0.15, 0.2) is 51.7 Å². The molecule has 39 heavy (non-hydrogen) atoms. The Bertz CT molecular complexity index is 1620. The van der Waals surface area contributed by atoms with Gasteiger partial charge in [-0.05, 0) is 69.9 Å². The molecule has 0 amide bonds. The first kappa shape index (κ1) is 28.1. The van der Waals surface area contributed by atoms with Gasteiger partial charge >= 0.3 is 5.97 Å². The van der Waals surface area contributed by atoms with Crippen molar-refractivity contribution in [3.05, 3.63) is 52.7 Å². The highest BCUT2D eigenvalue weighted by atomic mass is 32.2. The van der Waals surface area contributed by atoms with Gasteiger partial charge in [0.1, 0.15) is 17.0 Å². The summed E-state index contributed by atoms with van der Waals surface area (Å²) in [7, 11) is -2.18. The van der Waals surface area contributed by atoms with Crippen molar-refractivity contribution in [1.29, 1.82) is 0 Å². The van der Waals surface area contributed by atoms with E-state index >= 15 is 0 Å². The molecule has 0 bridgehead atoms. The van der Waals surface area contributed by atoms with Gasteiger partial charge in [-0.1, -0.05) is 0 Å². The topological polar surface area (TPSA) is 116 Å². The Labute approximate surface area is 228 Å². The van der Waals surface area contributed by atoms with E-state index in [9.17, 15) is 18.0 Å². The Hall–Kier alpha value is -3.92. The van der Waals surface area contributed by atoms with Gasteiger partial charge in [0.25, 0.3) is 0 Å². The molecule has 0 atom stereocenters. The highest BCUT2D eigenvalue weighted by Gasteiger charge is 2.17. The van der Waals surface area contributed by atoms with Crippen LogP contribution >= 0.6 is 0 Å². The molecule has 1 heterocycles. The van der Waals surface area contributed by atoms with Crippen LogP contribution in [0.5, 0.6) is 5.75 Å². The number of nitrogens with zero attached hydrogens (tertiary/aromatic N) is 2. The number of esters is 1. The molecular weight excluding hydrogens is 520 g/mol. The fraction of sp³-hybridized carbons (Fsp3) is 0.379. The number of fused-ring (bicyclic) bond motifs is 4. The van der Waals surface area contributed by atoms with Gasteiger partial charge in [-0.3, -0.25) is 9.59 Å². The number of hydrogen-bond acceptors (Lipinski definition) is 9. The van der Waals surface area contributed by atoms with Gasteiger partial charge < -0.3 is 18.8 Å². The Morgan fingerprint density at radius 2 is 1.90 bits per heavy atom. The summed E-state index contributed by atoms with van der Waals surface area (Å²) >= 11 is 0. The van der Waals surface area contributed by atoms with E-state index in [0.29, 0.717) is 78.2 Å². The number of aromatic nitrogens is 1. The van der Waals surface area contributed by atoms with Crippen molar-refractivity contribution >= 4 is 49.2 Å². The molecule has 4 rings (SSSR count). The van der Waals surface area contributed by atoms with Crippen molar-refractivity contribution in [2.24, 2.45) is 0 Å². The second-order valence-corrected chi connectivity index (χ2v) is 9.91. The molecule has 0 fully saturated rings.